The third kappa shape index (κ3) is 4.79. The molecule has 2 heterocycles. The third-order valence-corrected chi connectivity index (χ3v) is 10.9. The largest absolute Gasteiger partial charge is 0.0846 e. The minimum atomic E-state index is 1.05. The average Bonchev–Trinajstić information content (AvgIpc) is 3.33. The van der Waals surface area contributed by atoms with Crippen LogP contribution in [-0.4, -0.2) is 0 Å². The Morgan fingerprint density at radius 1 is 0.500 bits per heavy atom. The fraction of sp³-hybridized carbons (Fsp3) is 0.250. The zero-order valence-electron chi connectivity index (χ0n) is 16.2. The summed E-state index contributed by atoms with van der Waals surface area (Å²) in [5.74, 6) is 0. The van der Waals surface area contributed by atoms with Crippen molar-refractivity contribution in [2.75, 3.05) is 0 Å². The Balaban J connectivity index is 1.50. The second kappa shape index (κ2) is 9.71. The van der Waals surface area contributed by atoms with Crippen LogP contribution in [0.25, 0.3) is 0 Å². The van der Waals surface area contributed by atoms with Gasteiger partial charge in [0, 0.05) is 32.5 Å². The number of rotatable bonds is 6. The maximum Gasteiger partial charge on any atom is 0.0700 e. The Bertz CT molecular complexity index is 846. The summed E-state index contributed by atoms with van der Waals surface area (Å²) < 4.78 is 2.98. The van der Waals surface area contributed by atoms with E-state index in [1.807, 2.05) is 47.0 Å². The quantitative estimate of drug-likeness (QED) is 0.440. The SMILES string of the molecule is CCC1=C(Cc2ccccc2)SC(=C2SC(CC)=C(Cc3ccccc3)S2)S1. The highest BCUT2D eigenvalue weighted by Crippen LogP contribution is 2.61. The minimum Gasteiger partial charge on any atom is -0.0846 e. The van der Waals surface area contributed by atoms with E-state index >= 15 is 0 Å². The van der Waals surface area contributed by atoms with Crippen LogP contribution in [0.15, 0.2) is 88.8 Å². The molecular weight excluding hydrogens is 417 g/mol. The topological polar surface area (TPSA) is 0 Å². The molecule has 0 unspecified atom stereocenters. The maximum atomic E-state index is 2.28. The van der Waals surface area contributed by atoms with Crippen LogP contribution >= 0.6 is 47.0 Å². The van der Waals surface area contributed by atoms with E-state index < -0.39 is 0 Å². The molecule has 0 bridgehead atoms. The fourth-order valence-electron chi connectivity index (χ4n) is 3.25. The van der Waals surface area contributed by atoms with Crippen LogP contribution in [0.5, 0.6) is 0 Å². The van der Waals surface area contributed by atoms with Crippen LogP contribution in [0.1, 0.15) is 37.8 Å². The van der Waals surface area contributed by atoms with Gasteiger partial charge in [0.25, 0.3) is 0 Å². The first-order valence-corrected chi connectivity index (χ1v) is 13.0. The smallest absolute Gasteiger partial charge is 0.0700 e. The van der Waals surface area contributed by atoms with Gasteiger partial charge >= 0.3 is 0 Å². The Hall–Kier alpha value is -0.940. The highest BCUT2D eigenvalue weighted by Gasteiger charge is 2.28. The van der Waals surface area contributed by atoms with E-state index in [4.69, 9.17) is 0 Å². The lowest BCUT2D eigenvalue weighted by Gasteiger charge is -2.05. The van der Waals surface area contributed by atoms with Gasteiger partial charge in [-0.2, -0.15) is 0 Å². The van der Waals surface area contributed by atoms with Gasteiger partial charge in [0.2, 0.25) is 0 Å². The summed E-state index contributed by atoms with van der Waals surface area (Å²) >= 11 is 8.04. The zero-order valence-corrected chi connectivity index (χ0v) is 19.5. The van der Waals surface area contributed by atoms with Gasteiger partial charge in [-0.3, -0.25) is 0 Å². The molecule has 0 spiro atoms. The van der Waals surface area contributed by atoms with Gasteiger partial charge in [-0.05, 0) is 24.0 Å². The molecule has 0 saturated carbocycles. The van der Waals surface area contributed by atoms with Crippen molar-refractivity contribution in [1.82, 2.24) is 0 Å². The van der Waals surface area contributed by atoms with E-state index in [1.165, 1.54) is 29.4 Å². The van der Waals surface area contributed by atoms with Crippen LogP contribution in [0.2, 0.25) is 0 Å². The van der Waals surface area contributed by atoms with Crippen LogP contribution < -0.4 is 0 Å². The molecule has 144 valence electrons. The number of allylic oxidation sites excluding steroid dienone is 4. The van der Waals surface area contributed by atoms with Crippen molar-refractivity contribution in [3.63, 3.8) is 0 Å². The van der Waals surface area contributed by atoms with E-state index in [-0.39, 0.29) is 0 Å². The lowest BCUT2D eigenvalue weighted by atomic mass is 10.1. The Morgan fingerprint density at radius 3 is 1.21 bits per heavy atom. The number of hydrogen-bond acceptors (Lipinski definition) is 4. The number of thioether (sulfide) groups is 4. The summed E-state index contributed by atoms with van der Waals surface area (Å²) in [5, 5.41) is 0. The van der Waals surface area contributed by atoms with E-state index in [9.17, 15) is 0 Å². The van der Waals surface area contributed by atoms with Crippen molar-refractivity contribution in [2.45, 2.75) is 39.5 Å². The maximum absolute atomic E-state index is 2.28. The minimum absolute atomic E-state index is 1.05. The first kappa shape index (κ1) is 20.3. The highest BCUT2D eigenvalue weighted by atomic mass is 32.2. The molecule has 0 amide bonds. The Labute approximate surface area is 185 Å². The van der Waals surface area contributed by atoms with Gasteiger partial charge in [0.05, 0.1) is 8.47 Å². The van der Waals surface area contributed by atoms with Crippen molar-refractivity contribution >= 4 is 47.0 Å². The molecule has 4 rings (SSSR count). The molecule has 0 fully saturated rings. The zero-order chi connectivity index (χ0) is 19.3. The van der Waals surface area contributed by atoms with Gasteiger partial charge in [-0.1, -0.05) is 122 Å². The third-order valence-electron chi connectivity index (χ3n) is 4.71. The molecular formula is C24H24S4. The number of benzene rings is 2. The van der Waals surface area contributed by atoms with E-state index in [0.717, 1.165) is 25.7 Å². The summed E-state index contributed by atoms with van der Waals surface area (Å²) in [6.45, 7) is 4.57. The average molecular weight is 441 g/mol. The molecule has 28 heavy (non-hydrogen) atoms. The van der Waals surface area contributed by atoms with E-state index in [2.05, 4.69) is 74.5 Å². The summed E-state index contributed by atoms with van der Waals surface area (Å²) in [6.07, 6.45) is 4.35. The molecule has 0 atom stereocenters. The van der Waals surface area contributed by atoms with Crippen LogP contribution in [0, 0.1) is 0 Å². The van der Waals surface area contributed by atoms with Crippen molar-refractivity contribution in [1.29, 1.82) is 0 Å². The highest BCUT2D eigenvalue weighted by molar-refractivity contribution is 8.34. The fourth-order valence-corrected chi connectivity index (χ4v) is 9.18. The lowest BCUT2D eigenvalue weighted by Crippen LogP contribution is -1.86. The number of hydrogen-bond donors (Lipinski definition) is 0. The molecule has 0 N–H and O–H groups in total. The lowest BCUT2D eigenvalue weighted by molar-refractivity contribution is 1.15. The monoisotopic (exact) mass is 440 g/mol. The summed E-state index contributed by atoms with van der Waals surface area (Å²) in [7, 11) is 0. The van der Waals surface area contributed by atoms with Gasteiger partial charge in [-0.25, -0.2) is 0 Å². The van der Waals surface area contributed by atoms with Gasteiger partial charge in [0.15, 0.2) is 0 Å². The van der Waals surface area contributed by atoms with Crippen molar-refractivity contribution in [2.24, 2.45) is 0 Å². The van der Waals surface area contributed by atoms with Crippen molar-refractivity contribution in [3.8, 4) is 0 Å². The van der Waals surface area contributed by atoms with Crippen LogP contribution in [0.4, 0.5) is 0 Å². The first-order valence-electron chi connectivity index (χ1n) is 9.74. The molecule has 0 saturated heterocycles. The molecule has 0 radical (unpaired) electrons. The second-order valence-electron chi connectivity index (χ2n) is 6.71. The second-order valence-corrected chi connectivity index (χ2v) is 11.6. The molecule has 2 aromatic carbocycles. The summed E-state index contributed by atoms with van der Waals surface area (Å²) in [6, 6.07) is 21.7. The molecule has 2 aliphatic heterocycles. The molecule has 4 heteroatoms. The summed E-state index contributed by atoms with van der Waals surface area (Å²) in [5.41, 5.74) is 2.82. The molecule has 0 nitrogen and oxygen atoms in total. The summed E-state index contributed by atoms with van der Waals surface area (Å²) in [4.78, 5) is 6.17. The van der Waals surface area contributed by atoms with Crippen molar-refractivity contribution < 1.29 is 0 Å². The predicted molar refractivity (Wildman–Crippen MR) is 132 cm³/mol. The van der Waals surface area contributed by atoms with E-state index in [0.29, 0.717) is 0 Å². The molecule has 0 aromatic heterocycles. The van der Waals surface area contributed by atoms with Crippen LogP contribution in [0.3, 0.4) is 0 Å². The van der Waals surface area contributed by atoms with Crippen LogP contribution in [-0.2, 0) is 12.8 Å². The predicted octanol–water partition coefficient (Wildman–Crippen LogP) is 8.80. The van der Waals surface area contributed by atoms with Gasteiger partial charge in [0.1, 0.15) is 0 Å². The van der Waals surface area contributed by atoms with E-state index in [1.54, 1.807) is 9.81 Å². The molecule has 2 aromatic rings. The Morgan fingerprint density at radius 2 is 0.857 bits per heavy atom. The normalized spacial score (nSPS) is 19.8. The first-order chi connectivity index (χ1) is 13.8. The standard InChI is InChI=1S/C24H24S4/c1-3-19-21(15-17-11-7-5-8-12-17)27-23(25-19)24-26-20(4-2)22(28-24)16-18-13-9-6-10-14-18/h5-14H,3-4,15-16H2,1-2H3. The molecule has 0 aliphatic carbocycles. The van der Waals surface area contributed by atoms with Gasteiger partial charge in [-0.15, -0.1) is 0 Å². The Kier molecular flexibility index (Phi) is 7.05. The van der Waals surface area contributed by atoms with Crippen molar-refractivity contribution in [3.05, 3.63) is 99.9 Å². The van der Waals surface area contributed by atoms with Gasteiger partial charge < -0.3 is 0 Å². The molecule has 2 aliphatic rings.